The van der Waals surface area contributed by atoms with Crippen LogP contribution in [0.2, 0.25) is 0 Å². The van der Waals surface area contributed by atoms with E-state index in [4.69, 9.17) is 16.2 Å². The van der Waals surface area contributed by atoms with E-state index in [0.717, 1.165) is 0 Å². The molecule has 0 saturated heterocycles. The van der Waals surface area contributed by atoms with Gasteiger partial charge in [-0.05, 0) is 33.0 Å². The van der Waals surface area contributed by atoms with E-state index in [2.05, 4.69) is 5.32 Å². The molecule has 15 heavy (non-hydrogen) atoms. The van der Waals surface area contributed by atoms with Crippen molar-refractivity contribution in [2.75, 3.05) is 18.5 Å². The average molecular weight is 232 g/mol. The van der Waals surface area contributed by atoms with Crippen molar-refractivity contribution in [1.29, 1.82) is 0 Å². The molecule has 1 aromatic rings. The van der Waals surface area contributed by atoms with E-state index < -0.39 is 5.72 Å². The van der Waals surface area contributed by atoms with Gasteiger partial charge >= 0.3 is 0 Å². The molecule has 0 aliphatic rings. The number of halogens is 1. The van der Waals surface area contributed by atoms with Gasteiger partial charge in [-0.1, -0.05) is 0 Å². The van der Waals surface area contributed by atoms with E-state index in [9.17, 15) is 0 Å². The van der Waals surface area contributed by atoms with Crippen molar-refractivity contribution in [2.45, 2.75) is 19.6 Å². The number of nitrogens with one attached hydrogen (secondary N) is 1. The Morgan fingerprint density at radius 2 is 1.87 bits per heavy atom. The molecule has 5 N–H and O–H groups in total. The summed E-state index contributed by atoms with van der Waals surface area (Å²) in [6.07, 6.45) is 0. The summed E-state index contributed by atoms with van der Waals surface area (Å²) >= 11 is 0. The molecule has 1 aromatic carbocycles. The zero-order chi connectivity index (χ0) is 10.8. The average Bonchev–Trinajstić information content (AvgIpc) is 2.11. The summed E-state index contributed by atoms with van der Waals surface area (Å²) in [4.78, 5) is 0. The molecule has 0 radical (unpaired) electrons. The van der Waals surface area contributed by atoms with Crippen molar-refractivity contribution in [2.24, 2.45) is 0 Å². The molecule has 0 aliphatic carbocycles. The molecule has 5 heteroatoms. The van der Waals surface area contributed by atoms with E-state index in [1.54, 1.807) is 18.2 Å². The maximum atomic E-state index is 5.74. The SMILES string of the molecule is CNC(C)(C)Oc1cc(N)ccc1N.Cl. The maximum Gasteiger partial charge on any atom is 0.155 e. The van der Waals surface area contributed by atoms with Crippen LogP contribution in [0.15, 0.2) is 18.2 Å². The minimum atomic E-state index is -0.456. The van der Waals surface area contributed by atoms with Gasteiger partial charge in [0, 0.05) is 11.8 Å². The molecule has 0 aliphatic heterocycles. The number of rotatable bonds is 3. The molecule has 0 saturated carbocycles. The summed E-state index contributed by atoms with van der Waals surface area (Å²) < 4.78 is 5.65. The number of nitrogens with two attached hydrogens (primary N) is 2. The molecule has 0 bridgehead atoms. The van der Waals surface area contributed by atoms with Gasteiger partial charge < -0.3 is 16.2 Å². The lowest BCUT2D eigenvalue weighted by atomic mass is 10.2. The molecule has 0 heterocycles. The Balaban J connectivity index is 0.00000196. The summed E-state index contributed by atoms with van der Waals surface area (Å²) in [6.45, 7) is 3.82. The second-order valence-electron chi connectivity index (χ2n) is 3.66. The molecule has 86 valence electrons. The van der Waals surface area contributed by atoms with Crippen LogP contribution in [0.3, 0.4) is 0 Å². The van der Waals surface area contributed by atoms with Gasteiger partial charge in [-0.25, -0.2) is 0 Å². The Bertz CT molecular complexity index is 328. The third-order valence-corrected chi connectivity index (χ3v) is 2.00. The van der Waals surface area contributed by atoms with Crippen LogP contribution in [0.25, 0.3) is 0 Å². The lowest BCUT2D eigenvalue weighted by Crippen LogP contribution is -2.42. The fourth-order valence-electron chi connectivity index (χ4n) is 0.965. The van der Waals surface area contributed by atoms with Crippen LogP contribution < -0.4 is 21.5 Å². The van der Waals surface area contributed by atoms with Gasteiger partial charge in [-0.3, -0.25) is 5.32 Å². The normalized spacial score (nSPS) is 10.6. The van der Waals surface area contributed by atoms with Gasteiger partial charge in [0.25, 0.3) is 0 Å². The topological polar surface area (TPSA) is 73.3 Å². The fraction of sp³-hybridized carbons (Fsp3) is 0.400. The number of hydrogen-bond acceptors (Lipinski definition) is 4. The Hall–Kier alpha value is -1.13. The summed E-state index contributed by atoms with van der Waals surface area (Å²) in [5.74, 6) is 0.601. The van der Waals surface area contributed by atoms with Crippen molar-refractivity contribution >= 4 is 23.8 Å². The molecule has 0 atom stereocenters. The third-order valence-electron chi connectivity index (χ3n) is 2.00. The molecule has 0 aromatic heterocycles. The van der Waals surface area contributed by atoms with Crippen molar-refractivity contribution < 1.29 is 4.74 Å². The Morgan fingerprint density at radius 1 is 1.27 bits per heavy atom. The first kappa shape index (κ1) is 13.9. The molecular weight excluding hydrogens is 214 g/mol. The van der Waals surface area contributed by atoms with Crippen molar-refractivity contribution in [1.82, 2.24) is 5.32 Å². The highest BCUT2D eigenvalue weighted by Gasteiger charge is 2.17. The molecule has 1 rings (SSSR count). The summed E-state index contributed by atoms with van der Waals surface area (Å²) in [7, 11) is 1.82. The molecule has 0 fully saturated rings. The number of benzene rings is 1. The van der Waals surface area contributed by atoms with Crippen LogP contribution >= 0.6 is 12.4 Å². The number of nitrogen functional groups attached to an aromatic ring is 2. The van der Waals surface area contributed by atoms with E-state index in [-0.39, 0.29) is 12.4 Å². The van der Waals surface area contributed by atoms with Crippen LogP contribution in [0, 0.1) is 0 Å². The first-order valence-electron chi connectivity index (χ1n) is 4.47. The third kappa shape index (κ3) is 3.85. The van der Waals surface area contributed by atoms with Crippen LogP contribution in [-0.4, -0.2) is 12.8 Å². The van der Waals surface area contributed by atoms with E-state index in [0.29, 0.717) is 17.1 Å². The van der Waals surface area contributed by atoms with Gasteiger partial charge in [0.05, 0.1) is 5.69 Å². The van der Waals surface area contributed by atoms with Crippen LogP contribution in [0.4, 0.5) is 11.4 Å². The van der Waals surface area contributed by atoms with Gasteiger partial charge in [-0.15, -0.1) is 12.4 Å². The molecule has 0 spiro atoms. The van der Waals surface area contributed by atoms with Gasteiger partial charge in [0.15, 0.2) is 5.72 Å². The van der Waals surface area contributed by atoms with Crippen LogP contribution in [0.5, 0.6) is 5.75 Å². The predicted molar refractivity (Wildman–Crippen MR) is 66.3 cm³/mol. The summed E-state index contributed by atoms with van der Waals surface area (Å²) in [5.41, 5.74) is 12.1. The first-order chi connectivity index (χ1) is 6.44. The number of ether oxygens (including phenoxy) is 1. The fourth-order valence-corrected chi connectivity index (χ4v) is 0.965. The molecular formula is C10H18ClN3O. The summed E-state index contributed by atoms with van der Waals surface area (Å²) in [5, 5.41) is 3.02. The van der Waals surface area contributed by atoms with Gasteiger partial charge in [0.1, 0.15) is 5.75 Å². The quantitative estimate of drug-likeness (QED) is 0.546. The minimum Gasteiger partial charge on any atom is -0.471 e. The zero-order valence-electron chi connectivity index (χ0n) is 9.20. The Morgan fingerprint density at radius 3 is 2.40 bits per heavy atom. The lowest BCUT2D eigenvalue weighted by molar-refractivity contribution is 0.0815. The Kier molecular flexibility index (Phi) is 4.71. The number of anilines is 2. The highest BCUT2D eigenvalue weighted by atomic mass is 35.5. The largest absolute Gasteiger partial charge is 0.471 e. The molecule has 4 nitrogen and oxygen atoms in total. The second kappa shape index (κ2) is 5.09. The van der Waals surface area contributed by atoms with Crippen molar-refractivity contribution in [3.63, 3.8) is 0 Å². The zero-order valence-corrected chi connectivity index (χ0v) is 10.0. The van der Waals surface area contributed by atoms with Gasteiger partial charge in [0.2, 0.25) is 0 Å². The Labute approximate surface area is 96.4 Å². The summed E-state index contributed by atoms with van der Waals surface area (Å²) in [6, 6.07) is 5.19. The number of hydrogen-bond donors (Lipinski definition) is 3. The standard InChI is InChI=1S/C10H17N3O.ClH/c1-10(2,13-3)14-9-6-7(11)4-5-8(9)12;/h4-6,13H,11-12H2,1-3H3;1H. The second-order valence-corrected chi connectivity index (χ2v) is 3.66. The van der Waals surface area contributed by atoms with E-state index in [1.807, 2.05) is 20.9 Å². The first-order valence-corrected chi connectivity index (χ1v) is 4.47. The lowest BCUT2D eigenvalue weighted by Gasteiger charge is -2.26. The highest BCUT2D eigenvalue weighted by Crippen LogP contribution is 2.26. The molecule has 0 amide bonds. The minimum absolute atomic E-state index is 0. The van der Waals surface area contributed by atoms with E-state index >= 15 is 0 Å². The van der Waals surface area contributed by atoms with Gasteiger partial charge in [-0.2, -0.15) is 0 Å². The molecule has 0 unspecified atom stereocenters. The predicted octanol–water partition coefficient (Wildman–Crippen LogP) is 1.61. The van der Waals surface area contributed by atoms with Crippen molar-refractivity contribution in [3.8, 4) is 5.75 Å². The smallest absolute Gasteiger partial charge is 0.155 e. The van der Waals surface area contributed by atoms with Crippen LogP contribution in [0.1, 0.15) is 13.8 Å². The van der Waals surface area contributed by atoms with Crippen molar-refractivity contribution in [3.05, 3.63) is 18.2 Å². The highest BCUT2D eigenvalue weighted by molar-refractivity contribution is 5.85. The van der Waals surface area contributed by atoms with E-state index in [1.165, 1.54) is 0 Å². The van der Waals surface area contributed by atoms with Crippen LogP contribution in [-0.2, 0) is 0 Å². The maximum absolute atomic E-state index is 5.74. The monoisotopic (exact) mass is 231 g/mol.